The fourth-order valence-electron chi connectivity index (χ4n) is 1.93. The molecule has 0 saturated heterocycles. The van der Waals surface area contributed by atoms with Gasteiger partial charge in [0.05, 0.1) is 11.8 Å². The van der Waals surface area contributed by atoms with Crippen molar-refractivity contribution in [2.75, 3.05) is 5.75 Å². The minimum atomic E-state index is 0.0215. The first kappa shape index (κ1) is 17.0. The predicted octanol–water partition coefficient (Wildman–Crippen LogP) is 3.94. The third-order valence-corrected chi connectivity index (χ3v) is 5.03. The molecule has 1 amide bonds. The molecule has 0 aliphatic heterocycles. The van der Waals surface area contributed by atoms with Crippen molar-refractivity contribution in [2.45, 2.75) is 44.7 Å². The van der Waals surface area contributed by atoms with Gasteiger partial charge in [-0.3, -0.25) is 4.79 Å². The molecule has 6 heteroatoms. The number of thiophene rings is 1. The molecule has 1 unspecified atom stereocenters. The van der Waals surface area contributed by atoms with Crippen molar-refractivity contribution in [3.8, 4) is 0 Å². The lowest BCUT2D eigenvalue weighted by Crippen LogP contribution is -2.27. The molecule has 2 aromatic rings. The SMILES string of the molecule is Cc1cc(SCC(=O)NC(C)c2cccs2)nc(C(C)C)n1. The van der Waals surface area contributed by atoms with Gasteiger partial charge in [-0.1, -0.05) is 31.7 Å². The molecule has 1 N–H and O–H groups in total. The Morgan fingerprint density at radius 1 is 1.36 bits per heavy atom. The molecule has 22 heavy (non-hydrogen) atoms. The summed E-state index contributed by atoms with van der Waals surface area (Å²) in [6.07, 6.45) is 0. The van der Waals surface area contributed by atoms with Gasteiger partial charge in [-0.25, -0.2) is 9.97 Å². The van der Waals surface area contributed by atoms with Crippen molar-refractivity contribution < 1.29 is 4.79 Å². The maximum absolute atomic E-state index is 12.1. The quantitative estimate of drug-likeness (QED) is 0.642. The van der Waals surface area contributed by atoms with Crippen LogP contribution in [0.3, 0.4) is 0 Å². The van der Waals surface area contributed by atoms with Crippen molar-refractivity contribution >= 4 is 29.0 Å². The van der Waals surface area contributed by atoms with Crippen LogP contribution in [0.15, 0.2) is 28.6 Å². The molecular formula is C16H21N3OS2. The maximum atomic E-state index is 12.1. The first-order valence-electron chi connectivity index (χ1n) is 7.27. The zero-order valence-electron chi connectivity index (χ0n) is 13.3. The second-order valence-electron chi connectivity index (χ2n) is 5.45. The predicted molar refractivity (Wildman–Crippen MR) is 92.5 cm³/mol. The first-order valence-corrected chi connectivity index (χ1v) is 9.13. The Kier molecular flexibility index (Phi) is 5.97. The van der Waals surface area contributed by atoms with Crippen LogP contribution < -0.4 is 5.32 Å². The molecule has 118 valence electrons. The highest BCUT2D eigenvalue weighted by atomic mass is 32.2. The number of carbonyl (C=O) groups is 1. The average Bonchev–Trinajstić information content (AvgIpc) is 2.98. The van der Waals surface area contributed by atoms with Crippen molar-refractivity contribution in [1.82, 2.24) is 15.3 Å². The van der Waals surface area contributed by atoms with Crippen LogP contribution in [0.1, 0.15) is 49.1 Å². The van der Waals surface area contributed by atoms with Gasteiger partial charge in [-0.05, 0) is 31.4 Å². The highest BCUT2D eigenvalue weighted by molar-refractivity contribution is 7.99. The number of nitrogens with zero attached hydrogens (tertiary/aromatic N) is 2. The summed E-state index contributed by atoms with van der Waals surface area (Å²) in [5, 5.41) is 5.89. The van der Waals surface area contributed by atoms with Gasteiger partial charge in [-0.2, -0.15) is 0 Å². The smallest absolute Gasteiger partial charge is 0.230 e. The Hall–Kier alpha value is -1.40. The summed E-state index contributed by atoms with van der Waals surface area (Å²) in [5.74, 6) is 1.50. The van der Waals surface area contributed by atoms with E-state index in [9.17, 15) is 4.79 Å². The lowest BCUT2D eigenvalue weighted by atomic mass is 10.2. The van der Waals surface area contributed by atoms with Gasteiger partial charge in [0.15, 0.2) is 0 Å². The second kappa shape index (κ2) is 7.74. The van der Waals surface area contributed by atoms with Crippen molar-refractivity contribution in [2.24, 2.45) is 0 Å². The van der Waals surface area contributed by atoms with Crippen LogP contribution in [0.4, 0.5) is 0 Å². The second-order valence-corrected chi connectivity index (χ2v) is 7.43. The van der Waals surface area contributed by atoms with Crippen molar-refractivity contribution in [3.63, 3.8) is 0 Å². The van der Waals surface area contributed by atoms with E-state index < -0.39 is 0 Å². The summed E-state index contributed by atoms with van der Waals surface area (Å²) < 4.78 is 0. The Morgan fingerprint density at radius 2 is 2.14 bits per heavy atom. The highest BCUT2D eigenvalue weighted by Crippen LogP contribution is 2.21. The van der Waals surface area contributed by atoms with Gasteiger partial charge in [0.1, 0.15) is 10.9 Å². The zero-order chi connectivity index (χ0) is 16.1. The number of aromatic nitrogens is 2. The van der Waals surface area contributed by atoms with Crippen LogP contribution in [0.5, 0.6) is 0 Å². The van der Waals surface area contributed by atoms with E-state index in [4.69, 9.17) is 0 Å². The number of aryl methyl sites for hydroxylation is 1. The molecule has 0 fully saturated rings. The fourth-order valence-corrected chi connectivity index (χ4v) is 3.43. The number of thioether (sulfide) groups is 1. The van der Waals surface area contributed by atoms with Gasteiger partial charge >= 0.3 is 0 Å². The van der Waals surface area contributed by atoms with Gasteiger partial charge in [0.25, 0.3) is 0 Å². The van der Waals surface area contributed by atoms with E-state index in [2.05, 4.69) is 29.1 Å². The molecule has 0 spiro atoms. The Labute approximate surface area is 139 Å². The van der Waals surface area contributed by atoms with Crippen LogP contribution in [0.2, 0.25) is 0 Å². The summed E-state index contributed by atoms with van der Waals surface area (Å²) in [5.41, 5.74) is 0.938. The maximum Gasteiger partial charge on any atom is 0.230 e. The van der Waals surface area contributed by atoms with Crippen molar-refractivity contribution in [1.29, 1.82) is 0 Å². The average molecular weight is 335 g/mol. The number of nitrogens with one attached hydrogen (secondary N) is 1. The number of amides is 1. The third kappa shape index (κ3) is 4.81. The molecule has 0 bridgehead atoms. The van der Waals surface area contributed by atoms with Gasteiger partial charge < -0.3 is 5.32 Å². The minimum absolute atomic E-state index is 0.0215. The summed E-state index contributed by atoms with van der Waals surface area (Å²) in [6, 6.07) is 6.00. The lowest BCUT2D eigenvalue weighted by molar-refractivity contribution is -0.119. The molecule has 0 saturated carbocycles. The monoisotopic (exact) mass is 335 g/mol. The Morgan fingerprint density at radius 3 is 2.77 bits per heavy atom. The third-order valence-electron chi connectivity index (χ3n) is 3.06. The molecule has 0 aliphatic carbocycles. The summed E-state index contributed by atoms with van der Waals surface area (Å²) in [7, 11) is 0. The Bertz CT molecular complexity index is 626. The summed E-state index contributed by atoms with van der Waals surface area (Å²) in [4.78, 5) is 22.1. The molecule has 0 aromatic carbocycles. The van der Waals surface area contributed by atoms with E-state index in [-0.39, 0.29) is 17.9 Å². The number of carbonyl (C=O) groups excluding carboxylic acids is 1. The van der Waals surface area contributed by atoms with E-state index in [1.165, 1.54) is 16.6 Å². The van der Waals surface area contributed by atoms with E-state index in [1.807, 2.05) is 37.4 Å². The van der Waals surface area contributed by atoms with E-state index in [1.54, 1.807) is 11.3 Å². The molecular weight excluding hydrogens is 314 g/mol. The molecule has 2 heterocycles. The zero-order valence-corrected chi connectivity index (χ0v) is 14.9. The van der Waals surface area contributed by atoms with Crippen LogP contribution in [-0.2, 0) is 4.79 Å². The molecule has 4 nitrogen and oxygen atoms in total. The molecule has 0 radical (unpaired) electrons. The minimum Gasteiger partial charge on any atom is -0.348 e. The normalized spacial score (nSPS) is 12.4. The van der Waals surface area contributed by atoms with Gasteiger partial charge in [0, 0.05) is 16.5 Å². The van der Waals surface area contributed by atoms with E-state index in [0.29, 0.717) is 5.75 Å². The van der Waals surface area contributed by atoms with Crippen LogP contribution in [-0.4, -0.2) is 21.6 Å². The molecule has 2 rings (SSSR count). The van der Waals surface area contributed by atoms with Gasteiger partial charge in [0.2, 0.25) is 5.91 Å². The number of hydrogen-bond donors (Lipinski definition) is 1. The van der Waals surface area contributed by atoms with E-state index >= 15 is 0 Å². The highest BCUT2D eigenvalue weighted by Gasteiger charge is 2.12. The van der Waals surface area contributed by atoms with Crippen molar-refractivity contribution in [3.05, 3.63) is 40.0 Å². The lowest BCUT2D eigenvalue weighted by Gasteiger charge is -2.12. The van der Waals surface area contributed by atoms with Crippen LogP contribution in [0.25, 0.3) is 0 Å². The molecule has 0 aliphatic rings. The van der Waals surface area contributed by atoms with Crippen LogP contribution in [0, 0.1) is 6.92 Å². The summed E-state index contributed by atoms with van der Waals surface area (Å²) in [6.45, 7) is 8.09. The fraction of sp³-hybridized carbons (Fsp3) is 0.438. The standard InChI is InChI=1S/C16H21N3OS2/c1-10(2)16-17-11(3)8-15(19-16)22-9-14(20)18-12(4)13-6-5-7-21-13/h5-8,10,12H,9H2,1-4H3,(H,18,20). The first-order chi connectivity index (χ1) is 10.5. The molecule has 1 atom stereocenters. The number of hydrogen-bond acceptors (Lipinski definition) is 5. The van der Waals surface area contributed by atoms with Crippen LogP contribution >= 0.6 is 23.1 Å². The summed E-state index contributed by atoms with van der Waals surface area (Å²) >= 11 is 3.11. The topological polar surface area (TPSA) is 54.9 Å². The Balaban J connectivity index is 1.91. The molecule has 2 aromatic heterocycles. The van der Waals surface area contributed by atoms with E-state index in [0.717, 1.165) is 16.5 Å². The number of rotatable bonds is 6. The largest absolute Gasteiger partial charge is 0.348 e. The van der Waals surface area contributed by atoms with Gasteiger partial charge in [-0.15, -0.1) is 11.3 Å².